The average Bonchev–Trinajstić information content (AvgIpc) is 2.93. The van der Waals surface area contributed by atoms with E-state index in [4.69, 9.17) is 0 Å². The summed E-state index contributed by atoms with van der Waals surface area (Å²) in [5.41, 5.74) is 0. The molecule has 1 N–H and O–H groups in total. The molecule has 3 heterocycles. The van der Waals surface area contributed by atoms with E-state index >= 15 is 0 Å². The molecule has 2 unspecified atom stereocenters. The van der Waals surface area contributed by atoms with Crippen LogP contribution in [-0.2, 0) is 13.1 Å². The number of fused-ring (bicyclic) bond motifs is 2. The number of aryl methyl sites for hydroxylation is 1. The molecule has 0 spiro atoms. The van der Waals surface area contributed by atoms with Crippen LogP contribution in [0.3, 0.4) is 0 Å². The Kier molecular flexibility index (Phi) is 4.41. The predicted molar refractivity (Wildman–Crippen MR) is 81.5 cm³/mol. The first-order chi connectivity index (χ1) is 9.78. The Morgan fingerprint density at radius 3 is 2.75 bits per heavy atom. The molecular formula is C16H28N4. The van der Waals surface area contributed by atoms with E-state index in [9.17, 15) is 0 Å². The van der Waals surface area contributed by atoms with E-state index in [2.05, 4.69) is 39.9 Å². The van der Waals surface area contributed by atoms with Gasteiger partial charge in [-0.15, -0.1) is 0 Å². The van der Waals surface area contributed by atoms with E-state index in [0.717, 1.165) is 37.6 Å². The maximum absolute atomic E-state index is 4.46. The molecule has 2 aliphatic heterocycles. The van der Waals surface area contributed by atoms with Crippen molar-refractivity contribution in [3.63, 3.8) is 0 Å². The molecule has 0 radical (unpaired) electrons. The first-order valence-electron chi connectivity index (χ1n) is 8.20. The molecule has 0 aromatic carbocycles. The quantitative estimate of drug-likeness (QED) is 0.865. The van der Waals surface area contributed by atoms with E-state index in [-0.39, 0.29) is 0 Å². The number of rotatable bonds is 6. The number of hydrogen-bond acceptors (Lipinski definition) is 3. The van der Waals surface area contributed by atoms with Gasteiger partial charge in [-0.25, -0.2) is 4.98 Å². The van der Waals surface area contributed by atoms with Crippen molar-refractivity contribution in [1.82, 2.24) is 19.8 Å². The van der Waals surface area contributed by atoms with Crippen molar-refractivity contribution >= 4 is 0 Å². The van der Waals surface area contributed by atoms with E-state index in [0.29, 0.717) is 0 Å². The molecule has 1 aromatic heterocycles. The summed E-state index contributed by atoms with van der Waals surface area (Å²) in [6.45, 7) is 5.36. The minimum absolute atomic E-state index is 0.850. The number of imidazole rings is 1. The number of piperidine rings is 1. The van der Waals surface area contributed by atoms with Crippen LogP contribution in [0.25, 0.3) is 0 Å². The highest BCUT2D eigenvalue weighted by Gasteiger charge is 2.37. The lowest BCUT2D eigenvalue weighted by Crippen LogP contribution is -2.42. The summed E-state index contributed by atoms with van der Waals surface area (Å²) in [6, 6.07) is 1.70. The maximum atomic E-state index is 4.46. The highest BCUT2D eigenvalue weighted by molar-refractivity contribution is 4.95. The van der Waals surface area contributed by atoms with Crippen LogP contribution >= 0.6 is 0 Å². The molecule has 0 saturated carbocycles. The summed E-state index contributed by atoms with van der Waals surface area (Å²) in [7, 11) is 2.31. The summed E-state index contributed by atoms with van der Waals surface area (Å²) in [6.07, 6.45) is 10.8. The molecule has 3 rings (SSSR count). The molecule has 2 fully saturated rings. The van der Waals surface area contributed by atoms with Gasteiger partial charge in [-0.2, -0.15) is 0 Å². The average molecular weight is 276 g/mol. The SMILES string of the molecule is CCCn1ccnc1CNCC1CC2CCC(C1)N2C. The van der Waals surface area contributed by atoms with Crippen molar-refractivity contribution in [3.05, 3.63) is 18.2 Å². The van der Waals surface area contributed by atoms with E-state index in [1.165, 1.54) is 37.9 Å². The van der Waals surface area contributed by atoms with E-state index in [1.807, 2.05) is 6.20 Å². The first kappa shape index (κ1) is 14.1. The zero-order valence-corrected chi connectivity index (χ0v) is 12.9. The summed E-state index contributed by atoms with van der Waals surface area (Å²) in [5.74, 6) is 2.04. The number of hydrogen-bond donors (Lipinski definition) is 1. The fourth-order valence-corrected chi connectivity index (χ4v) is 4.03. The molecule has 2 saturated heterocycles. The smallest absolute Gasteiger partial charge is 0.122 e. The molecule has 112 valence electrons. The van der Waals surface area contributed by atoms with Crippen molar-refractivity contribution in [2.45, 2.75) is 64.2 Å². The summed E-state index contributed by atoms with van der Waals surface area (Å²) in [5, 5.41) is 3.64. The van der Waals surface area contributed by atoms with Crippen LogP contribution in [0.5, 0.6) is 0 Å². The zero-order valence-electron chi connectivity index (χ0n) is 12.9. The Labute approximate surface area is 122 Å². The zero-order chi connectivity index (χ0) is 13.9. The molecule has 2 bridgehead atoms. The van der Waals surface area contributed by atoms with Gasteiger partial charge in [-0.1, -0.05) is 6.92 Å². The van der Waals surface area contributed by atoms with Gasteiger partial charge in [0.15, 0.2) is 0 Å². The van der Waals surface area contributed by atoms with Crippen LogP contribution in [0.4, 0.5) is 0 Å². The van der Waals surface area contributed by atoms with Crippen molar-refractivity contribution in [2.24, 2.45) is 5.92 Å². The number of nitrogens with one attached hydrogen (secondary N) is 1. The van der Waals surface area contributed by atoms with Gasteiger partial charge in [0, 0.05) is 31.0 Å². The third-order valence-electron chi connectivity index (χ3n) is 5.18. The topological polar surface area (TPSA) is 33.1 Å². The highest BCUT2D eigenvalue weighted by atomic mass is 15.2. The summed E-state index contributed by atoms with van der Waals surface area (Å²) >= 11 is 0. The van der Waals surface area contributed by atoms with Crippen molar-refractivity contribution < 1.29 is 0 Å². The summed E-state index contributed by atoms with van der Waals surface area (Å²) < 4.78 is 2.27. The predicted octanol–water partition coefficient (Wildman–Crippen LogP) is 2.26. The number of nitrogens with zero attached hydrogens (tertiary/aromatic N) is 3. The van der Waals surface area contributed by atoms with Crippen molar-refractivity contribution in [3.8, 4) is 0 Å². The Morgan fingerprint density at radius 1 is 1.30 bits per heavy atom. The standard InChI is InChI=1S/C16H28N4/c1-3-7-20-8-6-18-16(20)12-17-11-13-9-14-4-5-15(10-13)19(14)2/h6,8,13-15,17H,3-5,7,9-12H2,1-2H3. The second kappa shape index (κ2) is 6.27. The third kappa shape index (κ3) is 2.91. The van der Waals surface area contributed by atoms with Gasteiger partial charge in [-0.3, -0.25) is 0 Å². The molecule has 2 aliphatic rings. The van der Waals surface area contributed by atoms with E-state index in [1.54, 1.807) is 0 Å². The van der Waals surface area contributed by atoms with Gasteiger partial charge < -0.3 is 14.8 Å². The number of aromatic nitrogens is 2. The van der Waals surface area contributed by atoms with Crippen LogP contribution in [0, 0.1) is 5.92 Å². The van der Waals surface area contributed by atoms with Gasteiger partial charge in [0.05, 0.1) is 6.54 Å². The van der Waals surface area contributed by atoms with Gasteiger partial charge in [0.1, 0.15) is 5.82 Å². The molecule has 0 amide bonds. The monoisotopic (exact) mass is 276 g/mol. The van der Waals surface area contributed by atoms with Gasteiger partial charge in [0.2, 0.25) is 0 Å². The maximum Gasteiger partial charge on any atom is 0.122 e. The normalized spacial score (nSPS) is 30.0. The van der Waals surface area contributed by atoms with Crippen LogP contribution in [0.2, 0.25) is 0 Å². The summed E-state index contributed by atoms with van der Waals surface area (Å²) in [4.78, 5) is 7.08. The van der Waals surface area contributed by atoms with Crippen LogP contribution < -0.4 is 5.32 Å². The fraction of sp³-hybridized carbons (Fsp3) is 0.812. The van der Waals surface area contributed by atoms with Crippen LogP contribution in [0.1, 0.15) is 44.9 Å². The second-order valence-corrected chi connectivity index (χ2v) is 6.56. The first-order valence-corrected chi connectivity index (χ1v) is 8.20. The van der Waals surface area contributed by atoms with Gasteiger partial charge >= 0.3 is 0 Å². The molecular weight excluding hydrogens is 248 g/mol. The lowest BCUT2D eigenvalue weighted by Gasteiger charge is -2.36. The Balaban J connectivity index is 1.45. The van der Waals surface area contributed by atoms with Crippen molar-refractivity contribution in [2.75, 3.05) is 13.6 Å². The Morgan fingerprint density at radius 2 is 2.05 bits per heavy atom. The molecule has 4 heteroatoms. The Hall–Kier alpha value is -0.870. The van der Waals surface area contributed by atoms with Gasteiger partial charge in [-0.05, 0) is 51.6 Å². The van der Waals surface area contributed by atoms with Crippen LogP contribution in [-0.4, -0.2) is 40.1 Å². The van der Waals surface area contributed by atoms with Crippen LogP contribution in [0.15, 0.2) is 12.4 Å². The minimum Gasteiger partial charge on any atom is -0.334 e. The minimum atomic E-state index is 0.850. The molecule has 20 heavy (non-hydrogen) atoms. The molecule has 4 nitrogen and oxygen atoms in total. The second-order valence-electron chi connectivity index (χ2n) is 6.56. The van der Waals surface area contributed by atoms with Gasteiger partial charge in [0.25, 0.3) is 0 Å². The fourth-order valence-electron chi connectivity index (χ4n) is 4.03. The van der Waals surface area contributed by atoms with E-state index < -0.39 is 0 Å². The Bertz CT molecular complexity index is 414. The largest absolute Gasteiger partial charge is 0.334 e. The lowest BCUT2D eigenvalue weighted by molar-refractivity contribution is 0.132. The molecule has 1 aromatic rings. The lowest BCUT2D eigenvalue weighted by atomic mass is 9.91. The highest BCUT2D eigenvalue weighted by Crippen LogP contribution is 2.36. The third-order valence-corrected chi connectivity index (χ3v) is 5.18. The van der Waals surface area contributed by atoms with Crippen molar-refractivity contribution in [1.29, 1.82) is 0 Å². The molecule has 0 aliphatic carbocycles. The molecule has 2 atom stereocenters.